The van der Waals surface area contributed by atoms with Crippen LogP contribution in [-0.4, -0.2) is 25.7 Å². The first-order chi connectivity index (χ1) is 11.7. The van der Waals surface area contributed by atoms with E-state index in [9.17, 15) is 0 Å². The molecule has 1 aromatic carbocycles. The SMILES string of the molecule is CCC(C)NC(=NCc1cccc(OC)c1)NCCc1ccco1.I. The van der Waals surface area contributed by atoms with Crippen LogP contribution >= 0.6 is 24.0 Å². The third-order valence-electron chi connectivity index (χ3n) is 3.79. The number of ether oxygens (including phenoxy) is 1. The molecule has 1 aromatic heterocycles. The van der Waals surface area contributed by atoms with Gasteiger partial charge in [0.1, 0.15) is 11.5 Å². The lowest BCUT2D eigenvalue weighted by molar-refractivity contribution is 0.414. The molecule has 6 heteroatoms. The molecule has 2 rings (SSSR count). The summed E-state index contributed by atoms with van der Waals surface area (Å²) in [4.78, 5) is 4.68. The van der Waals surface area contributed by atoms with Gasteiger partial charge in [-0.05, 0) is 43.2 Å². The highest BCUT2D eigenvalue weighted by Gasteiger charge is 2.04. The first-order valence-electron chi connectivity index (χ1n) is 8.41. The molecule has 138 valence electrons. The molecule has 0 aliphatic rings. The van der Waals surface area contributed by atoms with Gasteiger partial charge in [0.15, 0.2) is 5.96 Å². The van der Waals surface area contributed by atoms with Gasteiger partial charge in [-0.25, -0.2) is 4.99 Å². The lowest BCUT2D eigenvalue weighted by atomic mass is 10.2. The summed E-state index contributed by atoms with van der Waals surface area (Å²) < 4.78 is 10.6. The van der Waals surface area contributed by atoms with Crippen molar-refractivity contribution in [3.63, 3.8) is 0 Å². The Labute approximate surface area is 167 Å². The van der Waals surface area contributed by atoms with E-state index in [2.05, 4.69) is 35.5 Å². The van der Waals surface area contributed by atoms with Crippen molar-refractivity contribution in [3.8, 4) is 5.75 Å². The number of halogens is 1. The fraction of sp³-hybridized carbons (Fsp3) is 0.421. The normalized spacial score (nSPS) is 12.2. The van der Waals surface area contributed by atoms with Crippen molar-refractivity contribution in [2.75, 3.05) is 13.7 Å². The topological polar surface area (TPSA) is 58.8 Å². The Kier molecular flexibility index (Phi) is 10.1. The minimum atomic E-state index is 0. The number of hydrogen-bond donors (Lipinski definition) is 2. The largest absolute Gasteiger partial charge is 0.497 e. The van der Waals surface area contributed by atoms with Gasteiger partial charge in [-0.2, -0.15) is 0 Å². The van der Waals surface area contributed by atoms with Crippen molar-refractivity contribution in [1.82, 2.24) is 10.6 Å². The van der Waals surface area contributed by atoms with E-state index in [4.69, 9.17) is 9.15 Å². The Morgan fingerprint density at radius 2 is 2.12 bits per heavy atom. The number of hydrogen-bond acceptors (Lipinski definition) is 3. The second-order valence-electron chi connectivity index (χ2n) is 5.73. The molecule has 0 aliphatic carbocycles. The monoisotopic (exact) mass is 457 g/mol. The maximum absolute atomic E-state index is 5.36. The molecule has 2 aromatic rings. The smallest absolute Gasteiger partial charge is 0.191 e. The Balaban J connectivity index is 0.00000312. The standard InChI is InChI=1S/C19H27N3O2.HI/c1-4-15(2)22-19(20-11-10-17-9-6-12-24-17)21-14-16-7-5-8-18(13-16)23-3;/h5-9,12-13,15H,4,10-11,14H2,1-3H3,(H2,20,21,22);1H. The Bertz CT molecular complexity index is 629. The summed E-state index contributed by atoms with van der Waals surface area (Å²) in [5, 5.41) is 6.79. The van der Waals surface area contributed by atoms with Gasteiger partial charge >= 0.3 is 0 Å². The highest BCUT2D eigenvalue weighted by molar-refractivity contribution is 14.0. The third-order valence-corrected chi connectivity index (χ3v) is 3.79. The summed E-state index contributed by atoms with van der Waals surface area (Å²) in [6.45, 7) is 5.67. The van der Waals surface area contributed by atoms with Crippen LogP contribution in [-0.2, 0) is 13.0 Å². The van der Waals surface area contributed by atoms with Gasteiger partial charge in [-0.1, -0.05) is 19.1 Å². The Morgan fingerprint density at radius 1 is 1.28 bits per heavy atom. The van der Waals surface area contributed by atoms with E-state index in [1.165, 1.54) is 0 Å². The zero-order chi connectivity index (χ0) is 17.2. The van der Waals surface area contributed by atoms with E-state index in [0.717, 1.165) is 42.4 Å². The lowest BCUT2D eigenvalue weighted by Crippen LogP contribution is -2.42. The third kappa shape index (κ3) is 7.81. The average molecular weight is 457 g/mol. The highest BCUT2D eigenvalue weighted by atomic mass is 127. The quantitative estimate of drug-likeness (QED) is 0.358. The molecule has 0 bridgehead atoms. The molecule has 0 fully saturated rings. The van der Waals surface area contributed by atoms with Crippen molar-refractivity contribution in [2.45, 2.75) is 39.3 Å². The molecule has 2 N–H and O–H groups in total. The van der Waals surface area contributed by atoms with Crippen LogP contribution in [0.5, 0.6) is 5.75 Å². The number of nitrogens with zero attached hydrogens (tertiary/aromatic N) is 1. The molecule has 1 atom stereocenters. The van der Waals surface area contributed by atoms with Crippen LogP contribution < -0.4 is 15.4 Å². The average Bonchev–Trinajstić information content (AvgIpc) is 3.13. The molecule has 1 heterocycles. The van der Waals surface area contributed by atoms with Crippen molar-refractivity contribution >= 4 is 29.9 Å². The first kappa shape index (κ1) is 21.3. The van der Waals surface area contributed by atoms with E-state index >= 15 is 0 Å². The number of aliphatic imine (C=N–C) groups is 1. The Hall–Kier alpha value is -1.70. The molecular weight excluding hydrogens is 429 g/mol. The molecule has 25 heavy (non-hydrogen) atoms. The van der Waals surface area contributed by atoms with Crippen molar-refractivity contribution in [3.05, 3.63) is 54.0 Å². The number of nitrogens with one attached hydrogen (secondary N) is 2. The maximum Gasteiger partial charge on any atom is 0.191 e. The molecule has 0 saturated carbocycles. The van der Waals surface area contributed by atoms with E-state index in [1.807, 2.05) is 30.3 Å². The molecule has 0 spiro atoms. The van der Waals surface area contributed by atoms with Gasteiger partial charge in [-0.3, -0.25) is 0 Å². The fourth-order valence-corrected chi connectivity index (χ4v) is 2.19. The minimum absolute atomic E-state index is 0. The van der Waals surface area contributed by atoms with E-state index in [1.54, 1.807) is 13.4 Å². The second kappa shape index (κ2) is 11.8. The molecule has 0 radical (unpaired) electrons. The number of benzene rings is 1. The summed E-state index contributed by atoms with van der Waals surface area (Å²) >= 11 is 0. The molecular formula is C19H28IN3O2. The fourth-order valence-electron chi connectivity index (χ4n) is 2.19. The van der Waals surface area contributed by atoms with Crippen LogP contribution in [0, 0.1) is 0 Å². The summed E-state index contributed by atoms with van der Waals surface area (Å²) in [5.41, 5.74) is 1.12. The zero-order valence-corrected chi connectivity index (χ0v) is 17.4. The van der Waals surface area contributed by atoms with Gasteiger partial charge < -0.3 is 19.8 Å². The van der Waals surface area contributed by atoms with Crippen LogP contribution in [0.15, 0.2) is 52.1 Å². The number of furan rings is 1. The summed E-state index contributed by atoms with van der Waals surface area (Å²) in [5.74, 6) is 2.64. The van der Waals surface area contributed by atoms with E-state index in [-0.39, 0.29) is 24.0 Å². The van der Waals surface area contributed by atoms with Crippen molar-refractivity contribution in [1.29, 1.82) is 0 Å². The highest BCUT2D eigenvalue weighted by Crippen LogP contribution is 2.13. The van der Waals surface area contributed by atoms with Gasteiger partial charge in [0, 0.05) is 19.0 Å². The van der Waals surface area contributed by atoms with Crippen LogP contribution in [0.2, 0.25) is 0 Å². The predicted molar refractivity (Wildman–Crippen MR) is 113 cm³/mol. The molecule has 5 nitrogen and oxygen atoms in total. The molecule has 0 saturated heterocycles. The predicted octanol–water partition coefficient (Wildman–Crippen LogP) is 3.98. The minimum Gasteiger partial charge on any atom is -0.497 e. The summed E-state index contributed by atoms with van der Waals surface area (Å²) in [6.07, 6.45) is 3.57. The molecule has 1 unspecified atom stereocenters. The van der Waals surface area contributed by atoms with Crippen LogP contribution in [0.3, 0.4) is 0 Å². The number of guanidine groups is 1. The van der Waals surface area contributed by atoms with Gasteiger partial charge in [0.05, 0.1) is 19.9 Å². The second-order valence-corrected chi connectivity index (χ2v) is 5.73. The van der Waals surface area contributed by atoms with Gasteiger partial charge in [0.2, 0.25) is 0 Å². The van der Waals surface area contributed by atoms with E-state index in [0.29, 0.717) is 12.6 Å². The van der Waals surface area contributed by atoms with Gasteiger partial charge in [0.25, 0.3) is 0 Å². The number of rotatable bonds is 8. The molecule has 0 amide bonds. The number of methoxy groups -OCH3 is 1. The van der Waals surface area contributed by atoms with Crippen LogP contribution in [0.1, 0.15) is 31.6 Å². The van der Waals surface area contributed by atoms with Crippen LogP contribution in [0.4, 0.5) is 0 Å². The van der Waals surface area contributed by atoms with Crippen molar-refractivity contribution in [2.24, 2.45) is 4.99 Å². The Morgan fingerprint density at radius 3 is 2.80 bits per heavy atom. The first-order valence-corrected chi connectivity index (χ1v) is 8.41. The summed E-state index contributed by atoms with van der Waals surface area (Å²) in [7, 11) is 1.68. The summed E-state index contributed by atoms with van der Waals surface area (Å²) in [6, 6.07) is 12.2. The van der Waals surface area contributed by atoms with E-state index < -0.39 is 0 Å². The maximum atomic E-state index is 5.36. The van der Waals surface area contributed by atoms with Crippen LogP contribution in [0.25, 0.3) is 0 Å². The zero-order valence-electron chi connectivity index (χ0n) is 15.1. The lowest BCUT2D eigenvalue weighted by Gasteiger charge is -2.17. The van der Waals surface area contributed by atoms with Crippen molar-refractivity contribution < 1.29 is 9.15 Å². The van der Waals surface area contributed by atoms with Gasteiger partial charge in [-0.15, -0.1) is 24.0 Å². The molecule has 0 aliphatic heterocycles.